The summed E-state index contributed by atoms with van der Waals surface area (Å²) in [6.45, 7) is 2.04. The van der Waals surface area contributed by atoms with Crippen LogP contribution in [0.1, 0.15) is 12.5 Å². The van der Waals surface area contributed by atoms with Crippen molar-refractivity contribution in [3.63, 3.8) is 0 Å². The van der Waals surface area contributed by atoms with Gasteiger partial charge in [-0.3, -0.25) is 0 Å². The Kier molecular flexibility index (Phi) is 4.88. The van der Waals surface area contributed by atoms with Crippen molar-refractivity contribution in [1.82, 2.24) is 0 Å². The van der Waals surface area contributed by atoms with E-state index in [1.807, 2.05) is 19.1 Å². The quantitative estimate of drug-likeness (QED) is 0.901. The highest BCUT2D eigenvalue weighted by Gasteiger charge is 2.06. The van der Waals surface area contributed by atoms with E-state index in [4.69, 9.17) is 10.5 Å². The number of nitrogens with two attached hydrogens (primary N) is 1. The van der Waals surface area contributed by atoms with Gasteiger partial charge in [-0.25, -0.2) is 0 Å². The second kappa shape index (κ2) is 6.64. The molecule has 2 nitrogen and oxygen atoms in total. The second-order valence-corrected chi connectivity index (χ2v) is 5.68. The summed E-state index contributed by atoms with van der Waals surface area (Å²) in [6.07, 6.45) is 0.902. The van der Waals surface area contributed by atoms with Gasteiger partial charge in [-0.15, -0.1) is 0 Å². The molecule has 2 aromatic carbocycles. The molecule has 1 atom stereocenters. The van der Waals surface area contributed by atoms with Crippen LogP contribution in [0.15, 0.2) is 58.3 Å². The zero-order chi connectivity index (χ0) is 13.7. The Hall–Kier alpha value is -1.45. The number of benzene rings is 2. The lowest BCUT2D eigenvalue weighted by Gasteiger charge is -2.11. The number of methoxy groups -OCH3 is 1. The number of ether oxygens (including phenoxy) is 1. The SMILES string of the molecule is COc1ccc(Sc2ccccc2CC(C)N)cc1. The summed E-state index contributed by atoms with van der Waals surface area (Å²) in [5.41, 5.74) is 7.20. The molecule has 100 valence electrons. The van der Waals surface area contributed by atoms with Crippen molar-refractivity contribution in [3.8, 4) is 5.75 Å². The van der Waals surface area contributed by atoms with Crippen LogP contribution in [-0.2, 0) is 6.42 Å². The van der Waals surface area contributed by atoms with Crippen molar-refractivity contribution in [2.24, 2.45) is 5.73 Å². The van der Waals surface area contributed by atoms with Gasteiger partial charge >= 0.3 is 0 Å². The first-order chi connectivity index (χ1) is 9.19. The van der Waals surface area contributed by atoms with Crippen LogP contribution in [0.4, 0.5) is 0 Å². The van der Waals surface area contributed by atoms with Gasteiger partial charge in [-0.05, 0) is 49.2 Å². The van der Waals surface area contributed by atoms with Crippen molar-refractivity contribution in [2.75, 3.05) is 7.11 Å². The van der Waals surface area contributed by atoms with Crippen molar-refractivity contribution >= 4 is 11.8 Å². The van der Waals surface area contributed by atoms with Crippen LogP contribution in [-0.4, -0.2) is 13.2 Å². The molecular weight excluding hydrogens is 254 g/mol. The highest BCUT2D eigenvalue weighted by atomic mass is 32.2. The van der Waals surface area contributed by atoms with Crippen molar-refractivity contribution < 1.29 is 4.74 Å². The molecular formula is C16H19NOS. The lowest BCUT2D eigenvalue weighted by atomic mass is 10.1. The maximum atomic E-state index is 5.90. The molecule has 19 heavy (non-hydrogen) atoms. The zero-order valence-corrected chi connectivity index (χ0v) is 12.1. The summed E-state index contributed by atoms with van der Waals surface area (Å²) >= 11 is 1.76. The van der Waals surface area contributed by atoms with Crippen LogP contribution >= 0.6 is 11.8 Å². The fraction of sp³-hybridized carbons (Fsp3) is 0.250. The molecule has 0 aliphatic carbocycles. The molecule has 0 bridgehead atoms. The van der Waals surface area contributed by atoms with E-state index in [2.05, 4.69) is 36.4 Å². The summed E-state index contributed by atoms with van der Waals surface area (Å²) in [5.74, 6) is 0.883. The molecule has 0 heterocycles. The van der Waals surface area contributed by atoms with Gasteiger partial charge in [0, 0.05) is 15.8 Å². The van der Waals surface area contributed by atoms with E-state index in [-0.39, 0.29) is 6.04 Å². The number of hydrogen-bond acceptors (Lipinski definition) is 3. The van der Waals surface area contributed by atoms with E-state index in [1.165, 1.54) is 15.4 Å². The Labute approximate surface area is 119 Å². The Morgan fingerprint density at radius 3 is 2.42 bits per heavy atom. The summed E-state index contributed by atoms with van der Waals surface area (Å²) in [6, 6.07) is 16.7. The van der Waals surface area contributed by atoms with Gasteiger partial charge in [0.2, 0.25) is 0 Å². The molecule has 3 heteroatoms. The molecule has 0 fully saturated rings. The van der Waals surface area contributed by atoms with E-state index in [0.29, 0.717) is 0 Å². The van der Waals surface area contributed by atoms with Gasteiger partial charge in [0.25, 0.3) is 0 Å². The summed E-state index contributed by atoms with van der Waals surface area (Å²) in [4.78, 5) is 2.47. The third-order valence-corrected chi connectivity index (χ3v) is 3.93. The topological polar surface area (TPSA) is 35.2 Å². The van der Waals surface area contributed by atoms with Crippen LogP contribution in [0, 0.1) is 0 Å². The summed E-state index contributed by atoms with van der Waals surface area (Å²) < 4.78 is 5.17. The standard InChI is InChI=1S/C16H19NOS/c1-12(17)11-13-5-3-4-6-16(13)19-15-9-7-14(18-2)8-10-15/h3-10,12H,11,17H2,1-2H3. The van der Waals surface area contributed by atoms with Gasteiger partial charge in [0.1, 0.15) is 5.75 Å². The van der Waals surface area contributed by atoms with Gasteiger partial charge in [-0.2, -0.15) is 0 Å². The summed E-state index contributed by atoms with van der Waals surface area (Å²) in [5, 5.41) is 0. The van der Waals surface area contributed by atoms with Gasteiger partial charge < -0.3 is 10.5 Å². The van der Waals surface area contributed by atoms with E-state index >= 15 is 0 Å². The minimum atomic E-state index is 0.178. The molecule has 0 radical (unpaired) electrons. The summed E-state index contributed by atoms with van der Waals surface area (Å²) in [7, 11) is 1.68. The average Bonchev–Trinajstić information content (AvgIpc) is 2.41. The third-order valence-electron chi connectivity index (χ3n) is 2.80. The number of rotatable bonds is 5. The Bertz CT molecular complexity index is 523. The lowest BCUT2D eigenvalue weighted by molar-refractivity contribution is 0.414. The zero-order valence-electron chi connectivity index (χ0n) is 11.3. The van der Waals surface area contributed by atoms with Crippen LogP contribution in [0.3, 0.4) is 0 Å². The molecule has 0 saturated heterocycles. The Balaban J connectivity index is 2.17. The third kappa shape index (κ3) is 4.01. The van der Waals surface area contributed by atoms with E-state index in [1.54, 1.807) is 18.9 Å². The predicted octanol–water partition coefficient (Wildman–Crippen LogP) is 3.74. The van der Waals surface area contributed by atoms with Gasteiger partial charge in [-0.1, -0.05) is 30.0 Å². The minimum absolute atomic E-state index is 0.178. The van der Waals surface area contributed by atoms with Crippen molar-refractivity contribution in [2.45, 2.75) is 29.2 Å². The first kappa shape index (κ1) is 14.0. The molecule has 2 rings (SSSR count). The maximum absolute atomic E-state index is 5.90. The maximum Gasteiger partial charge on any atom is 0.118 e. The Morgan fingerprint density at radius 2 is 1.79 bits per heavy atom. The number of hydrogen-bond donors (Lipinski definition) is 1. The largest absolute Gasteiger partial charge is 0.497 e. The fourth-order valence-electron chi connectivity index (χ4n) is 1.89. The van der Waals surface area contributed by atoms with Gasteiger partial charge in [0.15, 0.2) is 0 Å². The van der Waals surface area contributed by atoms with E-state index in [0.717, 1.165) is 12.2 Å². The van der Waals surface area contributed by atoms with Crippen molar-refractivity contribution in [3.05, 3.63) is 54.1 Å². The van der Waals surface area contributed by atoms with Gasteiger partial charge in [0.05, 0.1) is 7.11 Å². The monoisotopic (exact) mass is 273 g/mol. The minimum Gasteiger partial charge on any atom is -0.497 e. The molecule has 0 aliphatic heterocycles. The lowest BCUT2D eigenvalue weighted by Crippen LogP contribution is -2.18. The predicted molar refractivity (Wildman–Crippen MR) is 80.9 cm³/mol. The second-order valence-electron chi connectivity index (χ2n) is 4.57. The molecule has 0 aliphatic rings. The first-order valence-electron chi connectivity index (χ1n) is 6.34. The highest BCUT2D eigenvalue weighted by Crippen LogP contribution is 2.31. The molecule has 2 N–H and O–H groups in total. The van der Waals surface area contributed by atoms with Crippen LogP contribution in [0.2, 0.25) is 0 Å². The fourth-order valence-corrected chi connectivity index (χ4v) is 2.84. The van der Waals surface area contributed by atoms with E-state index < -0.39 is 0 Å². The van der Waals surface area contributed by atoms with Crippen LogP contribution < -0.4 is 10.5 Å². The normalized spacial score (nSPS) is 12.2. The van der Waals surface area contributed by atoms with Crippen molar-refractivity contribution in [1.29, 1.82) is 0 Å². The molecule has 0 aromatic heterocycles. The molecule has 0 saturated carbocycles. The van der Waals surface area contributed by atoms with Crippen LogP contribution in [0.25, 0.3) is 0 Å². The molecule has 1 unspecified atom stereocenters. The Morgan fingerprint density at radius 1 is 1.11 bits per heavy atom. The average molecular weight is 273 g/mol. The van der Waals surface area contributed by atoms with Crippen LogP contribution in [0.5, 0.6) is 5.75 Å². The molecule has 0 amide bonds. The highest BCUT2D eigenvalue weighted by molar-refractivity contribution is 7.99. The molecule has 2 aromatic rings. The molecule has 0 spiro atoms. The smallest absolute Gasteiger partial charge is 0.118 e. The first-order valence-corrected chi connectivity index (χ1v) is 7.16. The van der Waals surface area contributed by atoms with E-state index in [9.17, 15) is 0 Å².